The van der Waals surface area contributed by atoms with Crippen LogP contribution in [-0.4, -0.2) is 26.7 Å². The first kappa shape index (κ1) is 19.0. The molecule has 7 heteroatoms. The van der Waals surface area contributed by atoms with Crippen LogP contribution in [0.4, 0.5) is 0 Å². The number of amides is 1. The number of ether oxygens (including phenoxy) is 2. The summed E-state index contributed by atoms with van der Waals surface area (Å²) in [6, 6.07) is 12.3. The summed E-state index contributed by atoms with van der Waals surface area (Å²) in [7, 11) is 3.13. The molecule has 3 aromatic rings. The summed E-state index contributed by atoms with van der Waals surface area (Å²) in [4.78, 5) is 24.4. The number of hydrogen-bond donors (Lipinski definition) is 1. The standard InChI is InChI=1S/C20H18BrNO5/c1-25-17-10-12(15(21)11-18(17)26-2)7-8-22-19(23)14-9-13-5-3-4-6-16(13)27-20(14)24/h3-6,9-11H,7-8H2,1-2H3,(H,22,23). The van der Waals surface area contributed by atoms with E-state index in [1.807, 2.05) is 18.2 Å². The molecule has 0 bridgehead atoms. The molecule has 3 rings (SSSR count). The molecule has 1 aromatic heterocycles. The molecule has 6 nitrogen and oxygen atoms in total. The van der Waals surface area contributed by atoms with E-state index in [-0.39, 0.29) is 5.56 Å². The average molecular weight is 432 g/mol. The van der Waals surface area contributed by atoms with E-state index in [2.05, 4.69) is 21.2 Å². The minimum atomic E-state index is -0.654. The number of benzene rings is 2. The third kappa shape index (κ3) is 4.14. The highest BCUT2D eigenvalue weighted by Gasteiger charge is 2.14. The quantitative estimate of drug-likeness (QED) is 0.603. The van der Waals surface area contributed by atoms with Crippen LogP contribution < -0.4 is 20.4 Å². The zero-order chi connectivity index (χ0) is 19.4. The summed E-state index contributed by atoms with van der Waals surface area (Å²) < 4.78 is 16.6. The smallest absolute Gasteiger partial charge is 0.349 e. The van der Waals surface area contributed by atoms with Gasteiger partial charge in [0.25, 0.3) is 5.91 Å². The van der Waals surface area contributed by atoms with E-state index >= 15 is 0 Å². The molecule has 0 spiro atoms. The molecule has 2 aromatic carbocycles. The monoisotopic (exact) mass is 431 g/mol. The molecular weight excluding hydrogens is 414 g/mol. The lowest BCUT2D eigenvalue weighted by Gasteiger charge is -2.12. The molecule has 1 heterocycles. The molecule has 0 aliphatic heterocycles. The first-order valence-electron chi connectivity index (χ1n) is 8.25. The van der Waals surface area contributed by atoms with Gasteiger partial charge in [0.1, 0.15) is 11.1 Å². The summed E-state index contributed by atoms with van der Waals surface area (Å²) >= 11 is 3.49. The van der Waals surface area contributed by atoms with Crippen LogP contribution in [0.15, 0.2) is 56.1 Å². The van der Waals surface area contributed by atoms with E-state index in [4.69, 9.17) is 13.9 Å². The Morgan fingerprint density at radius 1 is 1.11 bits per heavy atom. The number of para-hydroxylation sites is 1. The van der Waals surface area contributed by atoms with E-state index in [0.29, 0.717) is 35.4 Å². The predicted octanol–water partition coefficient (Wildman–Crippen LogP) is 3.55. The van der Waals surface area contributed by atoms with Gasteiger partial charge in [0.2, 0.25) is 0 Å². The molecule has 0 atom stereocenters. The number of halogens is 1. The van der Waals surface area contributed by atoms with Gasteiger partial charge < -0.3 is 19.2 Å². The number of fused-ring (bicyclic) bond motifs is 1. The van der Waals surface area contributed by atoms with Gasteiger partial charge in [-0.15, -0.1) is 0 Å². The first-order chi connectivity index (χ1) is 13.0. The van der Waals surface area contributed by atoms with Gasteiger partial charge in [-0.05, 0) is 36.2 Å². The minimum Gasteiger partial charge on any atom is -0.493 e. The van der Waals surface area contributed by atoms with Crippen molar-refractivity contribution < 1.29 is 18.7 Å². The molecule has 1 N–H and O–H groups in total. The van der Waals surface area contributed by atoms with Crippen molar-refractivity contribution in [2.45, 2.75) is 6.42 Å². The molecule has 1 amide bonds. The Morgan fingerprint density at radius 3 is 2.56 bits per heavy atom. The van der Waals surface area contributed by atoms with Gasteiger partial charge in [-0.25, -0.2) is 4.79 Å². The van der Waals surface area contributed by atoms with Gasteiger partial charge in [-0.2, -0.15) is 0 Å². The summed E-state index contributed by atoms with van der Waals surface area (Å²) in [5, 5.41) is 3.45. The maximum Gasteiger partial charge on any atom is 0.349 e. The Morgan fingerprint density at radius 2 is 1.81 bits per heavy atom. The van der Waals surface area contributed by atoms with Crippen LogP contribution >= 0.6 is 15.9 Å². The predicted molar refractivity (Wildman–Crippen MR) is 106 cm³/mol. The number of methoxy groups -OCH3 is 2. The fraction of sp³-hybridized carbons (Fsp3) is 0.200. The van der Waals surface area contributed by atoms with Gasteiger partial charge >= 0.3 is 5.63 Å². The lowest BCUT2D eigenvalue weighted by molar-refractivity contribution is 0.0950. The Hall–Kier alpha value is -2.80. The number of hydrogen-bond acceptors (Lipinski definition) is 5. The third-order valence-corrected chi connectivity index (χ3v) is 4.86. The zero-order valence-electron chi connectivity index (χ0n) is 14.9. The molecule has 0 radical (unpaired) electrons. The molecule has 140 valence electrons. The van der Waals surface area contributed by atoms with Gasteiger partial charge in [-0.3, -0.25) is 4.79 Å². The Labute approximate surface area is 164 Å². The topological polar surface area (TPSA) is 77.8 Å². The molecule has 27 heavy (non-hydrogen) atoms. The van der Waals surface area contributed by atoms with E-state index in [1.165, 1.54) is 0 Å². The van der Waals surface area contributed by atoms with E-state index in [1.54, 1.807) is 38.5 Å². The Balaban J connectivity index is 1.72. The largest absolute Gasteiger partial charge is 0.493 e. The van der Waals surface area contributed by atoms with Crippen molar-refractivity contribution in [1.29, 1.82) is 0 Å². The minimum absolute atomic E-state index is 0.0138. The van der Waals surface area contributed by atoms with Crippen molar-refractivity contribution in [3.05, 3.63) is 68.5 Å². The lowest BCUT2D eigenvalue weighted by atomic mass is 10.1. The van der Waals surface area contributed by atoms with Crippen LogP contribution in [0.2, 0.25) is 0 Å². The van der Waals surface area contributed by atoms with Crippen molar-refractivity contribution in [2.24, 2.45) is 0 Å². The SMILES string of the molecule is COc1cc(Br)c(CCNC(=O)c2cc3ccccc3oc2=O)cc1OC. The second-order valence-electron chi connectivity index (χ2n) is 5.79. The molecule has 0 unspecified atom stereocenters. The van der Waals surface area contributed by atoms with E-state index in [9.17, 15) is 9.59 Å². The fourth-order valence-electron chi connectivity index (χ4n) is 2.71. The molecule has 0 fully saturated rings. The van der Waals surface area contributed by atoms with Gasteiger partial charge in [0, 0.05) is 16.4 Å². The van der Waals surface area contributed by atoms with Crippen LogP contribution in [0, 0.1) is 0 Å². The van der Waals surface area contributed by atoms with E-state index < -0.39 is 11.5 Å². The second-order valence-corrected chi connectivity index (χ2v) is 6.64. The maximum atomic E-state index is 12.4. The second kappa shape index (κ2) is 8.26. The van der Waals surface area contributed by atoms with E-state index in [0.717, 1.165) is 10.0 Å². The normalized spacial score (nSPS) is 10.6. The number of carbonyl (C=O) groups excluding carboxylic acids is 1. The molecule has 0 aliphatic rings. The molecule has 0 aliphatic carbocycles. The number of carbonyl (C=O) groups is 1. The lowest BCUT2D eigenvalue weighted by Crippen LogP contribution is -2.30. The number of rotatable bonds is 6. The molecule has 0 saturated carbocycles. The van der Waals surface area contributed by atoms with Crippen LogP contribution in [0.3, 0.4) is 0 Å². The van der Waals surface area contributed by atoms with Crippen molar-refractivity contribution in [3.63, 3.8) is 0 Å². The Kier molecular flexibility index (Phi) is 5.81. The highest BCUT2D eigenvalue weighted by Crippen LogP contribution is 2.33. The number of nitrogens with one attached hydrogen (secondary N) is 1. The van der Waals surface area contributed by atoms with Crippen LogP contribution in [0.25, 0.3) is 11.0 Å². The summed E-state index contributed by atoms with van der Waals surface area (Å²) in [5.74, 6) is 0.759. The van der Waals surface area contributed by atoms with Crippen LogP contribution in [-0.2, 0) is 6.42 Å². The maximum absolute atomic E-state index is 12.4. The zero-order valence-corrected chi connectivity index (χ0v) is 16.5. The van der Waals surface area contributed by atoms with Gasteiger partial charge in [0.15, 0.2) is 11.5 Å². The van der Waals surface area contributed by atoms with Gasteiger partial charge in [-0.1, -0.05) is 34.1 Å². The summed E-state index contributed by atoms with van der Waals surface area (Å²) in [6.07, 6.45) is 0.547. The molecular formula is C20H18BrNO5. The third-order valence-electron chi connectivity index (χ3n) is 4.12. The van der Waals surface area contributed by atoms with Crippen molar-refractivity contribution in [3.8, 4) is 11.5 Å². The Bertz CT molecular complexity index is 1040. The highest BCUT2D eigenvalue weighted by molar-refractivity contribution is 9.10. The van der Waals surface area contributed by atoms with Crippen molar-refractivity contribution in [1.82, 2.24) is 5.32 Å². The van der Waals surface area contributed by atoms with Crippen LogP contribution in [0.5, 0.6) is 11.5 Å². The van der Waals surface area contributed by atoms with Crippen molar-refractivity contribution in [2.75, 3.05) is 20.8 Å². The van der Waals surface area contributed by atoms with Crippen molar-refractivity contribution >= 4 is 32.8 Å². The first-order valence-corrected chi connectivity index (χ1v) is 9.04. The molecule has 0 saturated heterocycles. The fourth-order valence-corrected chi connectivity index (χ4v) is 3.23. The summed E-state index contributed by atoms with van der Waals surface area (Å²) in [6.45, 7) is 0.346. The van der Waals surface area contributed by atoms with Crippen LogP contribution in [0.1, 0.15) is 15.9 Å². The van der Waals surface area contributed by atoms with Gasteiger partial charge in [0.05, 0.1) is 14.2 Å². The summed E-state index contributed by atoms with van der Waals surface area (Å²) in [5.41, 5.74) is 0.727. The highest BCUT2D eigenvalue weighted by atomic mass is 79.9. The average Bonchev–Trinajstić information content (AvgIpc) is 2.68.